The van der Waals surface area contributed by atoms with Crippen LogP contribution in [0.4, 0.5) is 11.4 Å². The molecule has 0 aromatic heterocycles. The SMILES string of the molecule is CC(C)c1cc(C(c2ccc(C(C)(C)C)cc2)(c2ccc(C(C)(C)C)cc2)c2ccc(C(C)(C)C)cc2)cc(C(C)C)c1N1[C]N(c2c(C(C)C)cc(C(c3ccc(C(C)(C)C)cc3)(c3ccc(C(C)(C)C)cc3)c3ccc(C(C)(C)C)cc3)cc2C(C)C)C=C1. The van der Waals surface area contributed by atoms with Gasteiger partial charge in [-0.25, -0.2) is 0 Å². The maximum absolute atomic E-state index is 4.09. The van der Waals surface area contributed by atoms with E-state index in [1.54, 1.807) is 0 Å². The minimum atomic E-state index is -0.664. The lowest BCUT2D eigenvalue weighted by Gasteiger charge is -2.40. The van der Waals surface area contributed by atoms with Crippen molar-refractivity contribution in [2.45, 2.75) is 247 Å². The fourth-order valence-corrected chi connectivity index (χ4v) is 14.0. The summed E-state index contributed by atoms with van der Waals surface area (Å²) >= 11 is 0. The van der Waals surface area contributed by atoms with Crippen molar-refractivity contribution >= 4 is 11.4 Å². The number of benzene rings is 8. The predicted octanol–water partition coefficient (Wildman–Crippen LogP) is 24.5. The zero-order valence-electron chi connectivity index (χ0n) is 61.0. The van der Waals surface area contributed by atoms with Gasteiger partial charge in [0.15, 0.2) is 0 Å². The van der Waals surface area contributed by atoms with Crippen molar-refractivity contribution in [2.75, 3.05) is 9.80 Å². The van der Waals surface area contributed by atoms with Crippen LogP contribution in [0, 0.1) is 6.67 Å². The maximum atomic E-state index is 4.09. The standard InChI is InChI=1S/C89H112N2/c1-58(2)76-53-74(88(68-39-27-62(28-40-68)82(9,10)11,69-41-29-63(30-42-69)83(12,13)14)70-43-31-64(32-44-70)84(15,16)17)54-77(59(3)4)80(76)90-51-52-91(57-90)81-78(60(5)6)55-75(56-79(81)61(7)8)89(71-45-33-65(34-46-71)85(18,19)20,72-47-35-66(36-48-72)86(21,22)23)73-49-37-67(38-50-73)87(24,25)26/h27-56,58-61H,1-26H3. The molecule has 0 saturated carbocycles. The Morgan fingerprint density at radius 2 is 0.363 bits per heavy atom. The number of rotatable bonds is 14. The molecule has 2 radical (unpaired) electrons. The van der Waals surface area contributed by atoms with E-state index in [-0.39, 0.29) is 56.2 Å². The zero-order valence-corrected chi connectivity index (χ0v) is 61.0. The second kappa shape index (κ2) is 24.9. The third-order valence-corrected chi connectivity index (χ3v) is 19.9. The molecule has 478 valence electrons. The second-order valence-corrected chi connectivity index (χ2v) is 34.2. The molecule has 1 aliphatic rings. The van der Waals surface area contributed by atoms with Crippen molar-refractivity contribution in [3.63, 3.8) is 0 Å². The van der Waals surface area contributed by atoms with E-state index in [1.807, 2.05) is 0 Å². The van der Waals surface area contributed by atoms with E-state index < -0.39 is 10.8 Å². The molecule has 0 aliphatic carbocycles. The summed E-state index contributed by atoms with van der Waals surface area (Å²) in [6, 6.07) is 68.0. The number of anilines is 2. The quantitative estimate of drug-likeness (QED) is 0.100. The van der Waals surface area contributed by atoms with Crippen molar-refractivity contribution in [3.05, 3.63) is 289 Å². The van der Waals surface area contributed by atoms with E-state index in [2.05, 4.69) is 379 Å². The molecule has 1 heterocycles. The summed E-state index contributed by atoms with van der Waals surface area (Å²) in [4.78, 5) is 4.67. The van der Waals surface area contributed by atoms with Crippen LogP contribution in [0.2, 0.25) is 0 Å². The first-order valence-corrected chi connectivity index (χ1v) is 34.3. The Morgan fingerprint density at radius 3 is 0.495 bits per heavy atom. The Balaban J connectivity index is 1.28. The van der Waals surface area contributed by atoms with Gasteiger partial charge in [-0.2, -0.15) is 0 Å². The fraction of sp³-hybridized carbons (Fsp3) is 0.427. The highest BCUT2D eigenvalue weighted by atomic mass is 15.3. The van der Waals surface area contributed by atoms with Crippen LogP contribution in [-0.4, -0.2) is 0 Å². The molecule has 0 unspecified atom stereocenters. The lowest BCUT2D eigenvalue weighted by Crippen LogP contribution is -2.33. The van der Waals surface area contributed by atoms with Gasteiger partial charge in [0.1, 0.15) is 0 Å². The molecule has 9 rings (SSSR count). The van der Waals surface area contributed by atoms with Crippen LogP contribution >= 0.6 is 0 Å². The molecule has 2 heteroatoms. The van der Waals surface area contributed by atoms with Crippen LogP contribution in [0.5, 0.6) is 0 Å². The molecule has 0 bridgehead atoms. The first-order chi connectivity index (χ1) is 42.2. The van der Waals surface area contributed by atoms with E-state index >= 15 is 0 Å². The lowest BCUT2D eigenvalue weighted by atomic mass is 9.63. The van der Waals surface area contributed by atoms with Crippen molar-refractivity contribution in [1.29, 1.82) is 0 Å². The van der Waals surface area contributed by atoms with Gasteiger partial charge in [0.25, 0.3) is 0 Å². The minimum Gasteiger partial charge on any atom is -0.315 e. The van der Waals surface area contributed by atoms with E-state index in [0.717, 1.165) is 0 Å². The van der Waals surface area contributed by atoms with Gasteiger partial charge in [-0.05, 0) is 156 Å². The zero-order chi connectivity index (χ0) is 66.9. The molecule has 0 N–H and O–H groups in total. The highest BCUT2D eigenvalue weighted by Crippen LogP contribution is 2.54. The van der Waals surface area contributed by atoms with Crippen molar-refractivity contribution in [2.24, 2.45) is 0 Å². The third kappa shape index (κ3) is 13.4. The fourth-order valence-electron chi connectivity index (χ4n) is 14.0. The van der Waals surface area contributed by atoms with Crippen LogP contribution in [0.1, 0.15) is 304 Å². The molecule has 91 heavy (non-hydrogen) atoms. The lowest BCUT2D eigenvalue weighted by molar-refractivity contribution is 0.586. The first-order valence-electron chi connectivity index (χ1n) is 34.3. The molecular formula is C89H112N2. The highest BCUT2D eigenvalue weighted by molar-refractivity contribution is 5.77. The minimum absolute atomic E-state index is 0.000549. The molecule has 2 nitrogen and oxygen atoms in total. The third-order valence-electron chi connectivity index (χ3n) is 19.9. The van der Waals surface area contributed by atoms with Crippen LogP contribution in [0.25, 0.3) is 0 Å². The van der Waals surface area contributed by atoms with Crippen LogP contribution in [0.15, 0.2) is 182 Å². The molecule has 0 spiro atoms. The number of nitrogens with zero attached hydrogens (tertiary/aromatic N) is 2. The molecular weight excluding hydrogens is 1100 g/mol. The molecule has 0 fully saturated rings. The van der Waals surface area contributed by atoms with Gasteiger partial charge in [0.2, 0.25) is 6.67 Å². The summed E-state index contributed by atoms with van der Waals surface area (Å²) in [5.74, 6) is 0.728. The summed E-state index contributed by atoms with van der Waals surface area (Å²) in [6.45, 7) is 64.8. The Kier molecular flexibility index (Phi) is 18.7. The van der Waals surface area contributed by atoms with Crippen LogP contribution in [-0.2, 0) is 43.3 Å². The van der Waals surface area contributed by atoms with Gasteiger partial charge in [-0.15, -0.1) is 0 Å². The number of hydrogen-bond donors (Lipinski definition) is 0. The van der Waals surface area contributed by atoms with Crippen molar-refractivity contribution in [1.82, 2.24) is 0 Å². The normalized spacial score (nSPS) is 14.1. The topological polar surface area (TPSA) is 6.48 Å². The first kappa shape index (κ1) is 68.5. The van der Waals surface area contributed by atoms with E-state index in [1.165, 1.54) is 112 Å². The molecule has 8 aromatic rings. The molecule has 0 saturated heterocycles. The average Bonchev–Trinajstić information content (AvgIpc) is 1.11. The predicted molar refractivity (Wildman–Crippen MR) is 395 cm³/mol. The van der Waals surface area contributed by atoms with Gasteiger partial charge in [0.05, 0.1) is 22.2 Å². The summed E-state index contributed by atoms with van der Waals surface area (Å²) in [7, 11) is 0. The molecule has 0 atom stereocenters. The largest absolute Gasteiger partial charge is 0.315 e. The highest BCUT2D eigenvalue weighted by Gasteiger charge is 2.44. The Hall–Kier alpha value is -6.90. The van der Waals surface area contributed by atoms with Gasteiger partial charge in [0, 0.05) is 12.4 Å². The Morgan fingerprint density at radius 1 is 0.220 bits per heavy atom. The summed E-state index contributed by atoms with van der Waals surface area (Å²) in [6.07, 6.45) is 4.55. The van der Waals surface area contributed by atoms with Gasteiger partial charge < -0.3 is 9.80 Å². The van der Waals surface area contributed by atoms with Crippen LogP contribution in [0.3, 0.4) is 0 Å². The van der Waals surface area contributed by atoms with Gasteiger partial charge in [-0.1, -0.05) is 350 Å². The van der Waals surface area contributed by atoms with Gasteiger partial charge in [-0.3, -0.25) is 0 Å². The van der Waals surface area contributed by atoms with Crippen LogP contribution < -0.4 is 9.80 Å². The monoisotopic (exact) mass is 1210 g/mol. The Labute approximate surface area is 554 Å². The molecule has 0 amide bonds. The number of hydrogen-bond acceptors (Lipinski definition) is 2. The van der Waals surface area contributed by atoms with E-state index in [0.29, 0.717) is 0 Å². The van der Waals surface area contributed by atoms with Crippen molar-refractivity contribution < 1.29 is 0 Å². The van der Waals surface area contributed by atoms with Gasteiger partial charge >= 0.3 is 0 Å². The smallest absolute Gasteiger partial charge is 0.217 e. The van der Waals surface area contributed by atoms with Crippen molar-refractivity contribution in [3.8, 4) is 0 Å². The van der Waals surface area contributed by atoms with E-state index in [4.69, 9.17) is 0 Å². The molecule has 1 aliphatic heterocycles. The maximum Gasteiger partial charge on any atom is 0.217 e. The average molecular weight is 1210 g/mol. The van der Waals surface area contributed by atoms with E-state index in [9.17, 15) is 0 Å². The second-order valence-electron chi connectivity index (χ2n) is 34.2. The molecule has 8 aromatic carbocycles. The Bertz CT molecular complexity index is 3240. The summed E-state index contributed by atoms with van der Waals surface area (Å²) < 4.78 is 0. The summed E-state index contributed by atoms with van der Waals surface area (Å²) in [5, 5.41) is 0. The summed E-state index contributed by atoms with van der Waals surface area (Å²) in [5.41, 5.74) is 24.4.